The maximum atomic E-state index is 12.1. The van der Waals surface area contributed by atoms with Gasteiger partial charge in [-0.25, -0.2) is 4.79 Å². The van der Waals surface area contributed by atoms with Crippen LogP contribution in [0, 0.1) is 12.8 Å². The van der Waals surface area contributed by atoms with Crippen LogP contribution in [0.3, 0.4) is 0 Å². The number of ether oxygens (including phenoxy) is 1. The molecule has 1 aliphatic heterocycles. The third-order valence-corrected chi connectivity index (χ3v) is 3.65. The van der Waals surface area contributed by atoms with Crippen LogP contribution < -0.4 is 5.32 Å². The fraction of sp³-hybridized carbons (Fsp3) is 0.647. The van der Waals surface area contributed by atoms with Crippen LogP contribution in [0.5, 0.6) is 0 Å². The van der Waals surface area contributed by atoms with Crippen molar-refractivity contribution in [3.05, 3.63) is 23.7 Å². The van der Waals surface area contributed by atoms with E-state index < -0.39 is 5.60 Å². The molecule has 1 saturated heterocycles. The van der Waals surface area contributed by atoms with E-state index in [0.717, 1.165) is 11.5 Å². The highest BCUT2D eigenvalue weighted by atomic mass is 16.6. The minimum absolute atomic E-state index is 0.0274. The summed E-state index contributed by atoms with van der Waals surface area (Å²) in [7, 11) is 0. The van der Waals surface area contributed by atoms with Gasteiger partial charge in [0.05, 0.1) is 6.04 Å². The van der Waals surface area contributed by atoms with Crippen molar-refractivity contribution in [3.63, 3.8) is 0 Å². The van der Waals surface area contributed by atoms with Gasteiger partial charge in [0, 0.05) is 25.4 Å². The van der Waals surface area contributed by atoms with Crippen LogP contribution in [-0.4, -0.2) is 35.6 Å². The number of amides is 2. The van der Waals surface area contributed by atoms with Crippen LogP contribution in [0.1, 0.15) is 51.7 Å². The molecule has 0 aliphatic carbocycles. The highest BCUT2D eigenvalue weighted by Crippen LogP contribution is 2.23. The summed E-state index contributed by atoms with van der Waals surface area (Å²) >= 11 is 0. The number of likely N-dealkylation sites (tertiary alicyclic amines) is 1. The molecular formula is C17H26N2O4. The molecule has 128 valence electrons. The highest BCUT2D eigenvalue weighted by Gasteiger charge is 2.34. The van der Waals surface area contributed by atoms with Crippen LogP contribution >= 0.6 is 0 Å². The number of hydrogen-bond acceptors (Lipinski definition) is 4. The highest BCUT2D eigenvalue weighted by molar-refractivity contribution is 5.77. The average Bonchev–Trinajstić information content (AvgIpc) is 2.77. The summed E-state index contributed by atoms with van der Waals surface area (Å²) in [4.78, 5) is 25.5. The fourth-order valence-corrected chi connectivity index (χ4v) is 2.49. The van der Waals surface area contributed by atoms with Crippen LogP contribution in [0.15, 0.2) is 16.5 Å². The van der Waals surface area contributed by atoms with E-state index in [-0.39, 0.29) is 24.0 Å². The van der Waals surface area contributed by atoms with Gasteiger partial charge in [-0.05, 0) is 46.8 Å². The topological polar surface area (TPSA) is 71.8 Å². The molecule has 0 bridgehead atoms. The molecule has 1 fully saturated rings. The number of furan rings is 1. The minimum Gasteiger partial charge on any atom is -0.464 e. The molecule has 2 heterocycles. The Kier molecular flexibility index (Phi) is 5.02. The van der Waals surface area contributed by atoms with Crippen molar-refractivity contribution >= 4 is 12.0 Å². The Bertz CT molecular complexity index is 567. The van der Waals surface area contributed by atoms with Crippen molar-refractivity contribution in [3.8, 4) is 0 Å². The Balaban J connectivity index is 1.71. The van der Waals surface area contributed by atoms with Crippen molar-refractivity contribution < 1.29 is 18.7 Å². The lowest BCUT2D eigenvalue weighted by molar-refractivity contribution is -0.124. The second-order valence-corrected chi connectivity index (χ2v) is 7.19. The van der Waals surface area contributed by atoms with Crippen molar-refractivity contribution in [1.82, 2.24) is 10.2 Å². The van der Waals surface area contributed by atoms with Gasteiger partial charge >= 0.3 is 6.09 Å². The largest absolute Gasteiger partial charge is 0.464 e. The number of nitrogens with one attached hydrogen (secondary N) is 1. The van der Waals surface area contributed by atoms with E-state index in [1.807, 2.05) is 46.8 Å². The molecule has 0 unspecified atom stereocenters. The van der Waals surface area contributed by atoms with E-state index in [0.29, 0.717) is 19.5 Å². The molecule has 6 nitrogen and oxygen atoms in total. The molecule has 2 rings (SSSR count). The lowest BCUT2D eigenvalue weighted by Crippen LogP contribution is -2.52. The molecule has 1 aliphatic rings. The Hall–Kier alpha value is -1.98. The first kappa shape index (κ1) is 17.4. The second kappa shape index (κ2) is 6.64. The molecule has 1 aromatic heterocycles. The van der Waals surface area contributed by atoms with Crippen LogP contribution in [0.4, 0.5) is 4.79 Å². The first-order valence-electron chi connectivity index (χ1n) is 7.97. The summed E-state index contributed by atoms with van der Waals surface area (Å²) in [6.07, 6.45) is 0.0946. The number of hydrogen-bond donors (Lipinski definition) is 1. The first-order valence-corrected chi connectivity index (χ1v) is 7.97. The molecule has 0 radical (unpaired) electrons. The monoisotopic (exact) mass is 322 g/mol. The van der Waals surface area contributed by atoms with Gasteiger partial charge in [0.2, 0.25) is 5.91 Å². The quantitative estimate of drug-likeness (QED) is 0.925. The smallest absolute Gasteiger partial charge is 0.410 e. The molecule has 1 atom stereocenters. The summed E-state index contributed by atoms with van der Waals surface area (Å²) in [6.45, 7) is 10.4. The van der Waals surface area contributed by atoms with Gasteiger partial charge in [-0.15, -0.1) is 0 Å². The predicted octanol–water partition coefficient (Wildman–Crippen LogP) is 3.02. The number of carbonyl (C=O) groups excluding carboxylic acids is 2. The normalized spacial score (nSPS) is 16.7. The molecule has 0 saturated carbocycles. The summed E-state index contributed by atoms with van der Waals surface area (Å²) in [6, 6.07) is 3.59. The third kappa shape index (κ3) is 5.01. The van der Waals surface area contributed by atoms with E-state index >= 15 is 0 Å². The van der Waals surface area contributed by atoms with Gasteiger partial charge in [0.1, 0.15) is 17.1 Å². The molecule has 6 heteroatoms. The molecule has 23 heavy (non-hydrogen) atoms. The van der Waals surface area contributed by atoms with E-state index in [1.165, 1.54) is 0 Å². The number of rotatable bonds is 4. The molecule has 1 N–H and O–H groups in total. The Morgan fingerprint density at radius 3 is 2.57 bits per heavy atom. The Morgan fingerprint density at radius 1 is 1.39 bits per heavy atom. The number of aryl methyl sites for hydroxylation is 1. The van der Waals surface area contributed by atoms with Gasteiger partial charge in [-0.1, -0.05) is 0 Å². The van der Waals surface area contributed by atoms with Crippen molar-refractivity contribution in [2.24, 2.45) is 5.92 Å². The van der Waals surface area contributed by atoms with Crippen molar-refractivity contribution in [2.75, 3.05) is 13.1 Å². The maximum Gasteiger partial charge on any atom is 0.410 e. The van der Waals surface area contributed by atoms with Crippen molar-refractivity contribution in [1.29, 1.82) is 0 Å². The third-order valence-electron chi connectivity index (χ3n) is 3.65. The van der Waals surface area contributed by atoms with E-state index in [2.05, 4.69) is 5.32 Å². The summed E-state index contributed by atoms with van der Waals surface area (Å²) in [5.41, 5.74) is -0.490. The lowest BCUT2D eigenvalue weighted by atomic mass is 9.96. The zero-order chi connectivity index (χ0) is 17.2. The standard InChI is InChI=1S/C17H26N2O4/c1-11-6-7-14(22-11)12(2)18-15(20)8-13-9-19(10-13)16(21)23-17(3,4)5/h6-7,12-13H,8-10H2,1-5H3,(H,18,20)/t12-/m0/s1. The zero-order valence-corrected chi connectivity index (χ0v) is 14.5. The van der Waals surface area contributed by atoms with E-state index in [9.17, 15) is 9.59 Å². The van der Waals surface area contributed by atoms with Gasteiger partial charge < -0.3 is 19.4 Å². The van der Waals surface area contributed by atoms with Gasteiger partial charge in [0.15, 0.2) is 0 Å². The van der Waals surface area contributed by atoms with Crippen LogP contribution in [0.2, 0.25) is 0 Å². The van der Waals surface area contributed by atoms with Crippen molar-refractivity contribution in [2.45, 2.75) is 52.7 Å². The van der Waals surface area contributed by atoms with Gasteiger partial charge in [-0.2, -0.15) is 0 Å². The fourth-order valence-electron chi connectivity index (χ4n) is 2.49. The second-order valence-electron chi connectivity index (χ2n) is 7.19. The molecule has 0 aromatic carbocycles. The summed E-state index contributed by atoms with van der Waals surface area (Å²) < 4.78 is 10.8. The first-order chi connectivity index (χ1) is 10.6. The Morgan fingerprint density at radius 2 is 2.04 bits per heavy atom. The minimum atomic E-state index is -0.490. The van der Waals surface area contributed by atoms with E-state index in [1.54, 1.807) is 4.90 Å². The Labute approximate surface area is 137 Å². The van der Waals surface area contributed by atoms with Crippen LogP contribution in [-0.2, 0) is 9.53 Å². The summed E-state index contributed by atoms with van der Waals surface area (Å²) in [5.74, 6) is 1.74. The molecule has 0 spiro atoms. The SMILES string of the molecule is Cc1ccc([C@H](C)NC(=O)CC2CN(C(=O)OC(C)(C)C)C2)o1. The summed E-state index contributed by atoms with van der Waals surface area (Å²) in [5, 5.41) is 2.92. The average molecular weight is 322 g/mol. The number of carbonyl (C=O) groups is 2. The maximum absolute atomic E-state index is 12.1. The predicted molar refractivity (Wildman–Crippen MR) is 85.9 cm³/mol. The molecule has 2 amide bonds. The molecular weight excluding hydrogens is 296 g/mol. The lowest BCUT2D eigenvalue weighted by Gasteiger charge is -2.39. The van der Waals surface area contributed by atoms with Gasteiger partial charge in [0.25, 0.3) is 0 Å². The molecule has 1 aromatic rings. The number of nitrogens with zero attached hydrogens (tertiary/aromatic N) is 1. The van der Waals surface area contributed by atoms with Gasteiger partial charge in [-0.3, -0.25) is 4.79 Å². The zero-order valence-electron chi connectivity index (χ0n) is 14.5. The van der Waals surface area contributed by atoms with E-state index in [4.69, 9.17) is 9.15 Å². The van der Waals surface area contributed by atoms with Crippen LogP contribution in [0.25, 0.3) is 0 Å².